The van der Waals surface area contributed by atoms with Crippen molar-refractivity contribution in [3.63, 3.8) is 0 Å². The van der Waals surface area contributed by atoms with E-state index in [0.29, 0.717) is 0 Å². The van der Waals surface area contributed by atoms with Crippen LogP contribution in [0.1, 0.15) is 31.8 Å². The summed E-state index contributed by atoms with van der Waals surface area (Å²) < 4.78 is 0. The number of aromatic hydroxyl groups is 4. The van der Waals surface area contributed by atoms with E-state index in [9.17, 15) is 30.0 Å². The van der Waals surface area contributed by atoms with Gasteiger partial charge in [0.2, 0.25) is 0 Å². The maximum atomic E-state index is 12.5. The van der Waals surface area contributed by atoms with E-state index in [1.807, 2.05) is 0 Å². The van der Waals surface area contributed by atoms with Gasteiger partial charge in [0.05, 0.1) is 0 Å². The van der Waals surface area contributed by atoms with Crippen LogP contribution >= 0.6 is 0 Å². The molecule has 26 heavy (non-hydrogen) atoms. The van der Waals surface area contributed by atoms with Gasteiger partial charge in [-0.05, 0) is 24.3 Å². The van der Waals surface area contributed by atoms with Crippen LogP contribution in [0.3, 0.4) is 0 Å². The maximum absolute atomic E-state index is 12.5. The van der Waals surface area contributed by atoms with Crippen LogP contribution in [0.5, 0.6) is 23.0 Å². The second-order valence-electron chi connectivity index (χ2n) is 5.58. The first-order chi connectivity index (χ1) is 12.4. The third kappa shape index (κ3) is 2.95. The summed E-state index contributed by atoms with van der Waals surface area (Å²) in [5.41, 5.74) is -0.158. The average Bonchev–Trinajstić information content (AvgIpc) is 2.61. The number of hydrogen-bond donors (Lipinski definition) is 4. The van der Waals surface area contributed by atoms with E-state index in [-0.39, 0.29) is 45.3 Å². The summed E-state index contributed by atoms with van der Waals surface area (Å²) in [4.78, 5) is 24.9. The molecule has 0 bridgehead atoms. The summed E-state index contributed by atoms with van der Waals surface area (Å²) in [7, 11) is 0. The summed E-state index contributed by atoms with van der Waals surface area (Å²) >= 11 is 0. The summed E-state index contributed by atoms with van der Waals surface area (Å²) in [6.07, 6.45) is 0. The van der Waals surface area contributed by atoms with E-state index in [4.69, 9.17) is 0 Å². The van der Waals surface area contributed by atoms with Gasteiger partial charge in [0, 0.05) is 11.1 Å². The molecule has 0 amide bonds. The Morgan fingerprint density at radius 2 is 0.769 bits per heavy atom. The molecule has 3 aromatic carbocycles. The minimum absolute atomic E-state index is 0.153. The maximum Gasteiger partial charge on any atom is 0.200 e. The summed E-state index contributed by atoms with van der Waals surface area (Å²) in [6.45, 7) is 0. The highest BCUT2D eigenvalue weighted by molar-refractivity contribution is 6.14. The predicted molar refractivity (Wildman–Crippen MR) is 92.9 cm³/mol. The highest BCUT2D eigenvalue weighted by atomic mass is 16.3. The molecule has 3 aromatic rings. The van der Waals surface area contributed by atoms with Crippen molar-refractivity contribution in [1.29, 1.82) is 0 Å². The van der Waals surface area contributed by atoms with Crippen molar-refractivity contribution in [2.75, 3.05) is 0 Å². The molecule has 6 heteroatoms. The Morgan fingerprint density at radius 3 is 1.04 bits per heavy atom. The number of carbonyl (C=O) groups is 2. The van der Waals surface area contributed by atoms with Gasteiger partial charge < -0.3 is 20.4 Å². The number of phenols is 4. The molecule has 6 nitrogen and oxygen atoms in total. The SMILES string of the molecule is O=C(c1ccc(C(=O)c2c(O)cccc2O)cc1)c1c(O)cccc1O. The van der Waals surface area contributed by atoms with Crippen LogP contribution in [-0.4, -0.2) is 32.0 Å². The van der Waals surface area contributed by atoms with E-state index in [0.717, 1.165) is 0 Å². The monoisotopic (exact) mass is 350 g/mol. The van der Waals surface area contributed by atoms with Crippen LogP contribution in [0.4, 0.5) is 0 Å². The fourth-order valence-electron chi connectivity index (χ4n) is 2.58. The molecule has 0 spiro atoms. The van der Waals surface area contributed by atoms with Gasteiger partial charge in [-0.15, -0.1) is 0 Å². The zero-order valence-electron chi connectivity index (χ0n) is 13.4. The van der Waals surface area contributed by atoms with Gasteiger partial charge in [0.1, 0.15) is 34.1 Å². The van der Waals surface area contributed by atoms with E-state index in [1.165, 1.54) is 60.7 Å². The summed E-state index contributed by atoms with van der Waals surface area (Å²) in [6, 6.07) is 13.4. The minimum Gasteiger partial charge on any atom is -0.507 e. The molecular weight excluding hydrogens is 336 g/mol. The molecule has 0 aliphatic heterocycles. The van der Waals surface area contributed by atoms with Gasteiger partial charge in [-0.25, -0.2) is 0 Å². The lowest BCUT2D eigenvalue weighted by molar-refractivity contribution is 0.102. The minimum atomic E-state index is -0.606. The van der Waals surface area contributed by atoms with Gasteiger partial charge in [-0.1, -0.05) is 36.4 Å². The van der Waals surface area contributed by atoms with Crippen molar-refractivity contribution >= 4 is 11.6 Å². The Morgan fingerprint density at radius 1 is 0.500 bits per heavy atom. The molecule has 0 aliphatic rings. The zero-order valence-corrected chi connectivity index (χ0v) is 13.4. The van der Waals surface area contributed by atoms with Gasteiger partial charge >= 0.3 is 0 Å². The van der Waals surface area contributed by atoms with Crippen LogP contribution in [-0.2, 0) is 0 Å². The van der Waals surface area contributed by atoms with E-state index < -0.39 is 11.6 Å². The van der Waals surface area contributed by atoms with Crippen molar-refractivity contribution in [3.8, 4) is 23.0 Å². The molecule has 0 unspecified atom stereocenters. The first kappa shape index (κ1) is 17.0. The molecule has 0 saturated carbocycles. The Bertz CT molecular complexity index is 882. The number of carbonyl (C=O) groups excluding carboxylic acids is 2. The van der Waals surface area contributed by atoms with Crippen molar-refractivity contribution in [2.24, 2.45) is 0 Å². The number of benzene rings is 3. The number of phenolic OH excluding ortho intramolecular Hbond substituents is 4. The Balaban J connectivity index is 1.94. The molecule has 0 aliphatic carbocycles. The number of rotatable bonds is 4. The van der Waals surface area contributed by atoms with Crippen LogP contribution in [0, 0.1) is 0 Å². The smallest absolute Gasteiger partial charge is 0.200 e. The molecule has 4 N–H and O–H groups in total. The van der Waals surface area contributed by atoms with E-state index in [2.05, 4.69) is 0 Å². The number of hydrogen-bond acceptors (Lipinski definition) is 6. The second-order valence-corrected chi connectivity index (χ2v) is 5.58. The fourth-order valence-corrected chi connectivity index (χ4v) is 2.58. The first-order valence-corrected chi connectivity index (χ1v) is 7.61. The molecule has 0 heterocycles. The fraction of sp³-hybridized carbons (Fsp3) is 0. The van der Waals surface area contributed by atoms with Gasteiger partial charge in [0.15, 0.2) is 11.6 Å². The van der Waals surface area contributed by atoms with Gasteiger partial charge in [0.25, 0.3) is 0 Å². The molecule has 0 fully saturated rings. The topological polar surface area (TPSA) is 115 Å². The highest BCUT2D eigenvalue weighted by Crippen LogP contribution is 2.31. The Kier molecular flexibility index (Phi) is 4.33. The summed E-state index contributed by atoms with van der Waals surface area (Å²) in [5, 5.41) is 39.1. The predicted octanol–water partition coefficient (Wildman–Crippen LogP) is 2.97. The molecule has 0 radical (unpaired) electrons. The van der Waals surface area contributed by atoms with Crippen molar-refractivity contribution in [1.82, 2.24) is 0 Å². The Labute approximate surface area is 148 Å². The molecular formula is C20H14O6. The van der Waals surface area contributed by atoms with Crippen molar-refractivity contribution in [3.05, 3.63) is 82.9 Å². The Hall–Kier alpha value is -3.80. The van der Waals surface area contributed by atoms with E-state index in [1.54, 1.807) is 0 Å². The van der Waals surface area contributed by atoms with Crippen molar-refractivity contribution in [2.45, 2.75) is 0 Å². The molecule has 3 rings (SSSR count). The third-order valence-electron chi connectivity index (χ3n) is 3.90. The first-order valence-electron chi connectivity index (χ1n) is 7.61. The van der Waals surface area contributed by atoms with Gasteiger partial charge in [-0.2, -0.15) is 0 Å². The zero-order chi connectivity index (χ0) is 18.8. The lowest BCUT2D eigenvalue weighted by atomic mass is 9.97. The van der Waals surface area contributed by atoms with Crippen LogP contribution in [0.15, 0.2) is 60.7 Å². The largest absolute Gasteiger partial charge is 0.507 e. The molecule has 0 saturated heterocycles. The molecule has 0 aromatic heterocycles. The van der Waals surface area contributed by atoms with Crippen LogP contribution in [0.2, 0.25) is 0 Å². The molecule has 130 valence electrons. The number of ketones is 2. The molecule has 0 atom stereocenters. The van der Waals surface area contributed by atoms with Crippen molar-refractivity contribution < 1.29 is 30.0 Å². The normalized spacial score (nSPS) is 10.5. The van der Waals surface area contributed by atoms with E-state index >= 15 is 0 Å². The standard InChI is InChI=1S/C20H14O6/c21-13-3-1-4-14(22)17(13)19(25)11-7-9-12(10-8-11)20(26)18-15(23)5-2-6-16(18)24/h1-10,21-24H. The third-order valence-corrected chi connectivity index (χ3v) is 3.90. The van der Waals surface area contributed by atoms with Gasteiger partial charge in [-0.3, -0.25) is 9.59 Å². The summed E-state index contributed by atoms with van der Waals surface area (Å²) in [5.74, 6) is -2.62. The quantitative estimate of drug-likeness (QED) is 0.538. The van der Waals surface area contributed by atoms with Crippen LogP contribution < -0.4 is 0 Å². The average molecular weight is 350 g/mol. The van der Waals surface area contributed by atoms with Crippen LogP contribution in [0.25, 0.3) is 0 Å². The lowest BCUT2D eigenvalue weighted by Crippen LogP contribution is -2.05. The highest BCUT2D eigenvalue weighted by Gasteiger charge is 2.20. The second kappa shape index (κ2) is 6.60. The lowest BCUT2D eigenvalue weighted by Gasteiger charge is -2.08.